The van der Waals surface area contributed by atoms with Crippen molar-refractivity contribution in [3.8, 4) is 0 Å². The van der Waals surface area contributed by atoms with Gasteiger partial charge in [0.25, 0.3) is 0 Å². The van der Waals surface area contributed by atoms with E-state index in [1.54, 1.807) is 0 Å². The molecule has 0 amide bonds. The fourth-order valence-electron chi connectivity index (χ4n) is 3.26. The van der Waals surface area contributed by atoms with Gasteiger partial charge in [-0.05, 0) is 49.2 Å². The summed E-state index contributed by atoms with van der Waals surface area (Å²) in [6, 6.07) is 15.0. The maximum atomic E-state index is 11.8. The quantitative estimate of drug-likeness (QED) is 0.807. The summed E-state index contributed by atoms with van der Waals surface area (Å²) in [6.07, 6.45) is 1.81. The molecule has 2 aromatic rings. The van der Waals surface area contributed by atoms with Gasteiger partial charge in [-0.2, -0.15) is 0 Å². The van der Waals surface area contributed by atoms with Crippen molar-refractivity contribution in [2.45, 2.75) is 26.3 Å². The summed E-state index contributed by atoms with van der Waals surface area (Å²) in [4.78, 5) is 14.2. The standard InChI is InChI=1S/C19H23NO2/c1-2-22-19(21)16-10-12-20(13-11-16)14-17-8-5-7-15-6-3-4-9-18(15)17/h3-9,16H,2,10-14H2,1H3. The number of likely N-dealkylation sites (tertiary alicyclic amines) is 1. The first kappa shape index (κ1) is 15.0. The number of nitrogens with zero attached hydrogens (tertiary/aromatic N) is 1. The Labute approximate surface area is 131 Å². The number of hydrogen-bond donors (Lipinski definition) is 0. The SMILES string of the molecule is CCOC(=O)C1CCN(Cc2cccc3ccccc23)CC1. The van der Waals surface area contributed by atoms with Gasteiger partial charge in [0.05, 0.1) is 12.5 Å². The van der Waals surface area contributed by atoms with E-state index in [1.807, 2.05) is 6.92 Å². The lowest BCUT2D eigenvalue weighted by Crippen LogP contribution is -2.36. The molecule has 0 atom stereocenters. The van der Waals surface area contributed by atoms with Gasteiger partial charge in [-0.15, -0.1) is 0 Å². The van der Waals surface area contributed by atoms with Gasteiger partial charge in [0.2, 0.25) is 0 Å². The first-order valence-electron chi connectivity index (χ1n) is 8.13. The largest absolute Gasteiger partial charge is 0.466 e. The molecule has 0 spiro atoms. The molecule has 1 aliphatic rings. The molecule has 116 valence electrons. The van der Waals surface area contributed by atoms with E-state index >= 15 is 0 Å². The third-order valence-electron chi connectivity index (χ3n) is 4.48. The van der Waals surface area contributed by atoms with E-state index in [9.17, 15) is 4.79 Å². The van der Waals surface area contributed by atoms with Crippen molar-refractivity contribution in [3.05, 3.63) is 48.0 Å². The highest BCUT2D eigenvalue weighted by Gasteiger charge is 2.25. The Balaban J connectivity index is 1.64. The summed E-state index contributed by atoms with van der Waals surface area (Å²) in [6.45, 7) is 5.24. The smallest absolute Gasteiger partial charge is 0.309 e. The second-order valence-electron chi connectivity index (χ2n) is 5.94. The van der Waals surface area contributed by atoms with Gasteiger partial charge in [0, 0.05) is 6.54 Å². The van der Waals surface area contributed by atoms with E-state index in [4.69, 9.17) is 4.74 Å². The molecule has 1 aliphatic heterocycles. The van der Waals surface area contributed by atoms with E-state index < -0.39 is 0 Å². The number of piperidine rings is 1. The van der Waals surface area contributed by atoms with Gasteiger partial charge in [-0.1, -0.05) is 42.5 Å². The van der Waals surface area contributed by atoms with Crippen LogP contribution < -0.4 is 0 Å². The molecule has 1 saturated heterocycles. The van der Waals surface area contributed by atoms with Crippen LogP contribution in [0.4, 0.5) is 0 Å². The molecule has 0 aliphatic carbocycles. The number of benzene rings is 2. The van der Waals surface area contributed by atoms with Crippen molar-refractivity contribution < 1.29 is 9.53 Å². The number of fused-ring (bicyclic) bond motifs is 1. The Morgan fingerprint density at radius 2 is 1.86 bits per heavy atom. The van der Waals surface area contributed by atoms with E-state index in [0.29, 0.717) is 6.61 Å². The summed E-state index contributed by atoms with van der Waals surface area (Å²) in [5.74, 6) is 0.0658. The highest BCUT2D eigenvalue weighted by Crippen LogP contribution is 2.24. The van der Waals surface area contributed by atoms with E-state index in [-0.39, 0.29) is 11.9 Å². The summed E-state index contributed by atoms with van der Waals surface area (Å²) in [7, 11) is 0. The van der Waals surface area contributed by atoms with Crippen LogP contribution in [0.2, 0.25) is 0 Å². The molecule has 1 heterocycles. The zero-order valence-corrected chi connectivity index (χ0v) is 13.1. The molecular formula is C19H23NO2. The molecule has 1 fully saturated rings. The third-order valence-corrected chi connectivity index (χ3v) is 4.48. The molecule has 0 bridgehead atoms. The number of carbonyl (C=O) groups excluding carboxylic acids is 1. The monoisotopic (exact) mass is 297 g/mol. The number of hydrogen-bond acceptors (Lipinski definition) is 3. The van der Waals surface area contributed by atoms with Crippen molar-refractivity contribution in [2.24, 2.45) is 5.92 Å². The fourth-order valence-corrected chi connectivity index (χ4v) is 3.26. The average molecular weight is 297 g/mol. The molecule has 0 radical (unpaired) electrons. The van der Waals surface area contributed by atoms with Crippen LogP contribution in [0.5, 0.6) is 0 Å². The lowest BCUT2D eigenvalue weighted by atomic mass is 9.96. The molecule has 22 heavy (non-hydrogen) atoms. The minimum atomic E-state index is -0.0210. The second-order valence-corrected chi connectivity index (χ2v) is 5.94. The Bertz CT molecular complexity index is 639. The van der Waals surface area contributed by atoms with Crippen LogP contribution in [-0.2, 0) is 16.1 Å². The highest BCUT2D eigenvalue weighted by atomic mass is 16.5. The number of esters is 1. The average Bonchev–Trinajstić information content (AvgIpc) is 2.56. The predicted octanol–water partition coefficient (Wildman–Crippen LogP) is 3.61. The van der Waals surface area contributed by atoms with Crippen LogP contribution in [0.3, 0.4) is 0 Å². The number of carbonyl (C=O) groups is 1. The zero-order valence-electron chi connectivity index (χ0n) is 13.1. The Morgan fingerprint density at radius 3 is 2.64 bits per heavy atom. The van der Waals surface area contributed by atoms with Gasteiger partial charge < -0.3 is 4.74 Å². The topological polar surface area (TPSA) is 29.5 Å². The summed E-state index contributed by atoms with van der Waals surface area (Å²) < 4.78 is 5.14. The predicted molar refractivity (Wildman–Crippen MR) is 88.6 cm³/mol. The van der Waals surface area contributed by atoms with Crippen molar-refractivity contribution in [1.82, 2.24) is 4.90 Å². The maximum absolute atomic E-state index is 11.8. The van der Waals surface area contributed by atoms with Crippen molar-refractivity contribution in [2.75, 3.05) is 19.7 Å². The van der Waals surface area contributed by atoms with Crippen LogP contribution >= 0.6 is 0 Å². The highest BCUT2D eigenvalue weighted by molar-refractivity contribution is 5.85. The molecule has 3 rings (SSSR count). The summed E-state index contributed by atoms with van der Waals surface area (Å²) in [5, 5.41) is 2.62. The van der Waals surface area contributed by atoms with Gasteiger partial charge in [-0.3, -0.25) is 9.69 Å². The van der Waals surface area contributed by atoms with Crippen LogP contribution in [0.25, 0.3) is 10.8 Å². The molecule has 3 heteroatoms. The fraction of sp³-hybridized carbons (Fsp3) is 0.421. The summed E-state index contributed by atoms with van der Waals surface area (Å²) >= 11 is 0. The minimum Gasteiger partial charge on any atom is -0.466 e. The van der Waals surface area contributed by atoms with Crippen LogP contribution in [-0.4, -0.2) is 30.6 Å². The molecule has 0 aromatic heterocycles. The summed E-state index contributed by atoms with van der Waals surface area (Å²) in [5.41, 5.74) is 1.37. The molecular weight excluding hydrogens is 274 g/mol. The zero-order chi connectivity index (χ0) is 15.4. The normalized spacial score (nSPS) is 16.8. The first-order chi connectivity index (χ1) is 10.8. The second kappa shape index (κ2) is 6.93. The van der Waals surface area contributed by atoms with Crippen molar-refractivity contribution >= 4 is 16.7 Å². The lowest BCUT2D eigenvalue weighted by Gasteiger charge is -2.31. The van der Waals surface area contributed by atoms with Gasteiger partial charge in [0.1, 0.15) is 0 Å². The van der Waals surface area contributed by atoms with Gasteiger partial charge in [0.15, 0.2) is 0 Å². The number of rotatable bonds is 4. The van der Waals surface area contributed by atoms with Crippen LogP contribution in [0, 0.1) is 5.92 Å². The minimum absolute atomic E-state index is 0.0210. The molecule has 0 N–H and O–H groups in total. The van der Waals surface area contributed by atoms with Crippen molar-refractivity contribution in [3.63, 3.8) is 0 Å². The lowest BCUT2D eigenvalue weighted by molar-refractivity contribution is -0.149. The molecule has 3 nitrogen and oxygen atoms in total. The van der Waals surface area contributed by atoms with Gasteiger partial charge in [-0.25, -0.2) is 0 Å². The van der Waals surface area contributed by atoms with E-state index in [2.05, 4.69) is 47.4 Å². The third kappa shape index (κ3) is 3.30. The first-order valence-corrected chi connectivity index (χ1v) is 8.13. The van der Waals surface area contributed by atoms with Crippen LogP contribution in [0.15, 0.2) is 42.5 Å². The molecule has 2 aromatic carbocycles. The Kier molecular flexibility index (Phi) is 4.74. The Morgan fingerprint density at radius 1 is 1.14 bits per heavy atom. The van der Waals surface area contributed by atoms with E-state index in [0.717, 1.165) is 32.5 Å². The maximum Gasteiger partial charge on any atom is 0.309 e. The molecule has 0 unspecified atom stereocenters. The van der Waals surface area contributed by atoms with E-state index in [1.165, 1.54) is 16.3 Å². The molecule has 0 saturated carbocycles. The number of ether oxygens (including phenoxy) is 1. The Hall–Kier alpha value is -1.87. The van der Waals surface area contributed by atoms with Crippen LogP contribution in [0.1, 0.15) is 25.3 Å². The van der Waals surface area contributed by atoms with Crippen molar-refractivity contribution in [1.29, 1.82) is 0 Å². The van der Waals surface area contributed by atoms with Gasteiger partial charge >= 0.3 is 5.97 Å².